The van der Waals surface area contributed by atoms with Gasteiger partial charge in [0.15, 0.2) is 0 Å². The summed E-state index contributed by atoms with van der Waals surface area (Å²) >= 11 is 0. The number of anilines is 2. The Labute approximate surface area is 254 Å². The van der Waals surface area contributed by atoms with Crippen LogP contribution in [0.4, 0.5) is 11.4 Å². The molecule has 1 aliphatic heterocycles. The number of amides is 2. The van der Waals surface area contributed by atoms with Gasteiger partial charge in [-0.25, -0.2) is 9.97 Å². The molecule has 1 aliphatic carbocycles. The molecule has 0 fully saturated rings. The average Bonchev–Trinajstić information content (AvgIpc) is 3.11. The van der Waals surface area contributed by atoms with Gasteiger partial charge in [-0.1, -0.05) is 43.0 Å². The molecule has 2 amide bonds. The predicted octanol–water partition coefficient (Wildman–Crippen LogP) is 2.15. The van der Waals surface area contributed by atoms with Crippen LogP contribution in [0.3, 0.4) is 0 Å². The maximum absolute atomic E-state index is 13.0. The quantitative estimate of drug-likeness (QED) is 0.296. The van der Waals surface area contributed by atoms with E-state index in [2.05, 4.69) is 27.2 Å². The first-order chi connectivity index (χ1) is 21.2. The fourth-order valence-corrected chi connectivity index (χ4v) is 5.51. The second-order valence-corrected chi connectivity index (χ2v) is 11.2. The van der Waals surface area contributed by atoms with Crippen LogP contribution in [0.2, 0.25) is 0 Å². The second kappa shape index (κ2) is 13.0. The van der Waals surface area contributed by atoms with Crippen LogP contribution in [0.15, 0.2) is 76.1 Å². The number of hydrogen-bond donors (Lipinski definition) is 2. The largest absolute Gasteiger partial charge is 0.373 e. The average molecular weight is 595 g/mol. The normalized spacial score (nSPS) is 18.6. The van der Waals surface area contributed by atoms with E-state index >= 15 is 0 Å². The first kappa shape index (κ1) is 30.3. The molecule has 0 radical (unpaired) electrons. The maximum atomic E-state index is 13.0. The Kier molecular flexibility index (Phi) is 8.94. The zero-order valence-corrected chi connectivity index (χ0v) is 24.8. The van der Waals surface area contributed by atoms with Crippen molar-refractivity contribution in [2.75, 3.05) is 30.4 Å². The summed E-state index contributed by atoms with van der Waals surface area (Å²) in [6, 6.07) is 6.96. The van der Waals surface area contributed by atoms with Crippen molar-refractivity contribution in [3.05, 3.63) is 115 Å². The summed E-state index contributed by atoms with van der Waals surface area (Å²) < 4.78 is 0. The van der Waals surface area contributed by atoms with Crippen LogP contribution in [-0.2, 0) is 24.3 Å². The fourth-order valence-electron chi connectivity index (χ4n) is 5.51. The van der Waals surface area contributed by atoms with Crippen molar-refractivity contribution >= 4 is 29.5 Å². The number of carbonyl (C=O) groups excluding carboxylic acids is 3. The summed E-state index contributed by atoms with van der Waals surface area (Å²) in [6.07, 6.45) is 10.1. The van der Waals surface area contributed by atoms with Crippen LogP contribution in [0.25, 0.3) is 0 Å². The number of benzene rings is 1. The molecular weight excluding hydrogens is 560 g/mol. The Morgan fingerprint density at radius 1 is 1.07 bits per heavy atom. The van der Waals surface area contributed by atoms with Gasteiger partial charge < -0.3 is 20.4 Å². The molecule has 2 aliphatic rings. The number of aromatic nitrogens is 2. The molecule has 0 bridgehead atoms. The summed E-state index contributed by atoms with van der Waals surface area (Å²) in [6.45, 7) is 5.40. The van der Waals surface area contributed by atoms with Crippen LogP contribution in [0.1, 0.15) is 56.9 Å². The van der Waals surface area contributed by atoms with Gasteiger partial charge in [0.25, 0.3) is 22.7 Å². The van der Waals surface area contributed by atoms with Crippen LogP contribution in [0, 0.1) is 0 Å². The highest BCUT2D eigenvalue weighted by Gasteiger charge is 2.29. The van der Waals surface area contributed by atoms with Crippen molar-refractivity contribution in [2.24, 2.45) is 0 Å². The number of fused-ring (bicyclic) bond motifs is 1. The molecule has 11 nitrogen and oxygen atoms in total. The van der Waals surface area contributed by atoms with Gasteiger partial charge in [-0.05, 0) is 47.9 Å². The summed E-state index contributed by atoms with van der Waals surface area (Å²) in [7, 11) is 3.51. The van der Waals surface area contributed by atoms with E-state index in [4.69, 9.17) is 0 Å². The molecule has 5 rings (SSSR count). The van der Waals surface area contributed by atoms with Crippen molar-refractivity contribution < 1.29 is 14.4 Å². The number of nitrogens with zero attached hydrogens (tertiary/aromatic N) is 4. The molecule has 3 aromatic rings. The molecule has 2 N–H and O–H groups in total. The van der Waals surface area contributed by atoms with Crippen molar-refractivity contribution in [1.29, 1.82) is 0 Å². The van der Waals surface area contributed by atoms with Gasteiger partial charge in [-0.3, -0.25) is 24.0 Å². The Bertz CT molecular complexity index is 1760. The molecular formula is C33H34N6O5. The summed E-state index contributed by atoms with van der Waals surface area (Å²) in [4.78, 5) is 73.3. The summed E-state index contributed by atoms with van der Waals surface area (Å²) in [5.74, 6) is -0.912. The van der Waals surface area contributed by atoms with Gasteiger partial charge >= 0.3 is 0 Å². The monoisotopic (exact) mass is 594 g/mol. The number of aldehydes is 1. The zero-order chi connectivity index (χ0) is 31.4. The molecule has 226 valence electrons. The van der Waals surface area contributed by atoms with Crippen LogP contribution in [0.5, 0.6) is 0 Å². The standard InChI is InChI=1S/C33H34N6O5/c1-20-8-9-21(18-40)6-4-5-7-25(20)37-33(44)27-15-26(35-19-36-27)32(43)34-16-22-10-11-23-12-13-39(17-24(23)14-22)29-28(38(2)3)30(41)31(29)42/h6,8-11,14-15,18-19,25H,1,4-5,7,12-13,16-17H2,2-3H3,(H,34,43)(H,37,44)/b9-8-,21-6+. The predicted molar refractivity (Wildman–Crippen MR) is 168 cm³/mol. The number of carbonyl (C=O) groups is 3. The van der Waals surface area contributed by atoms with E-state index < -0.39 is 22.7 Å². The molecule has 44 heavy (non-hydrogen) atoms. The van der Waals surface area contributed by atoms with Crippen LogP contribution < -0.4 is 31.3 Å². The SMILES string of the molecule is C=C1/C=C\C(C=O)=C/CCCC1NC(=O)c1cc(C(=O)NCc2ccc3c(c2)CN(c2c(N(C)C)c(=O)c2=O)CC3)ncn1. The highest BCUT2D eigenvalue weighted by molar-refractivity contribution is 5.97. The lowest BCUT2D eigenvalue weighted by atomic mass is 9.96. The highest BCUT2D eigenvalue weighted by atomic mass is 16.2. The second-order valence-electron chi connectivity index (χ2n) is 11.2. The smallest absolute Gasteiger partial charge is 0.270 e. The molecule has 2 heterocycles. The van der Waals surface area contributed by atoms with Crippen molar-refractivity contribution in [1.82, 2.24) is 20.6 Å². The highest BCUT2D eigenvalue weighted by Crippen LogP contribution is 2.29. The lowest BCUT2D eigenvalue weighted by Gasteiger charge is -2.34. The minimum atomic E-state index is -0.456. The van der Waals surface area contributed by atoms with Crippen LogP contribution >= 0.6 is 0 Å². The van der Waals surface area contributed by atoms with Gasteiger partial charge in [0.1, 0.15) is 35.4 Å². The first-order valence-electron chi connectivity index (χ1n) is 14.5. The van der Waals surface area contributed by atoms with Gasteiger partial charge in [0, 0.05) is 45.4 Å². The van der Waals surface area contributed by atoms with E-state index in [1.54, 1.807) is 31.1 Å². The minimum Gasteiger partial charge on any atom is -0.373 e. The Balaban J connectivity index is 1.21. The third kappa shape index (κ3) is 6.41. The van der Waals surface area contributed by atoms with E-state index in [-0.39, 0.29) is 24.0 Å². The van der Waals surface area contributed by atoms with E-state index in [1.807, 2.05) is 29.2 Å². The molecule has 11 heteroatoms. The first-order valence-corrected chi connectivity index (χ1v) is 14.5. The molecule has 0 saturated heterocycles. The Hall–Kier alpha value is -5.19. The lowest BCUT2D eigenvalue weighted by Crippen LogP contribution is -2.46. The summed E-state index contributed by atoms with van der Waals surface area (Å²) in [5, 5.41) is 5.78. The maximum Gasteiger partial charge on any atom is 0.270 e. The van der Waals surface area contributed by atoms with Crippen molar-refractivity contribution in [3.8, 4) is 0 Å². The van der Waals surface area contributed by atoms with Gasteiger partial charge in [-0.2, -0.15) is 0 Å². The van der Waals surface area contributed by atoms with Crippen molar-refractivity contribution in [2.45, 2.75) is 44.8 Å². The summed E-state index contributed by atoms with van der Waals surface area (Å²) in [5.41, 5.74) is 4.38. The van der Waals surface area contributed by atoms with E-state index in [0.717, 1.165) is 35.8 Å². The molecule has 0 saturated carbocycles. The number of rotatable bonds is 8. The Morgan fingerprint density at radius 2 is 1.84 bits per heavy atom. The third-order valence-electron chi connectivity index (χ3n) is 7.95. The third-order valence-corrected chi connectivity index (χ3v) is 7.95. The minimum absolute atomic E-state index is 0.0535. The number of allylic oxidation sites excluding steroid dienone is 3. The lowest BCUT2D eigenvalue weighted by molar-refractivity contribution is -0.104. The Morgan fingerprint density at radius 3 is 2.59 bits per heavy atom. The fraction of sp³-hybridized carbons (Fsp3) is 0.303. The van der Waals surface area contributed by atoms with Gasteiger partial charge in [0.05, 0.1) is 6.04 Å². The molecule has 2 aromatic carbocycles. The number of hydrogen-bond acceptors (Lipinski definition) is 9. The zero-order valence-electron chi connectivity index (χ0n) is 24.8. The van der Waals surface area contributed by atoms with Crippen LogP contribution in [-0.4, -0.2) is 54.8 Å². The van der Waals surface area contributed by atoms with Gasteiger partial charge in [-0.15, -0.1) is 0 Å². The molecule has 0 spiro atoms. The molecule has 1 aromatic heterocycles. The van der Waals surface area contributed by atoms with E-state index in [9.17, 15) is 24.0 Å². The number of nitrogens with one attached hydrogen (secondary N) is 2. The van der Waals surface area contributed by atoms with E-state index in [1.165, 1.54) is 12.4 Å². The molecule has 1 atom stereocenters. The van der Waals surface area contributed by atoms with Gasteiger partial charge in [0.2, 0.25) is 0 Å². The topological polar surface area (TPSA) is 142 Å². The van der Waals surface area contributed by atoms with Crippen molar-refractivity contribution in [3.63, 3.8) is 0 Å². The van der Waals surface area contributed by atoms with E-state index in [0.29, 0.717) is 48.5 Å². The molecule has 1 unspecified atom stereocenters.